The van der Waals surface area contributed by atoms with Crippen LogP contribution < -0.4 is 0 Å². The summed E-state index contributed by atoms with van der Waals surface area (Å²) in [5.41, 5.74) is 0.633. The molecule has 1 nitrogen and oxygen atoms in total. The summed E-state index contributed by atoms with van der Waals surface area (Å²) in [4.78, 5) is 0. The Bertz CT molecular complexity index is 226. The predicted molar refractivity (Wildman–Crippen MR) is 62.8 cm³/mol. The fourth-order valence-electron chi connectivity index (χ4n) is 3.57. The average Bonchev–Trinajstić information content (AvgIpc) is 2.60. The van der Waals surface area contributed by atoms with E-state index in [0.29, 0.717) is 5.41 Å². The first kappa shape index (κ1) is 10.8. The van der Waals surface area contributed by atoms with Crippen molar-refractivity contribution in [3.63, 3.8) is 0 Å². The molecule has 0 aromatic rings. The van der Waals surface area contributed by atoms with Crippen molar-refractivity contribution >= 4 is 12.6 Å². The third-order valence-corrected chi connectivity index (χ3v) is 4.67. The molecule has 0 aliphatic heterocycles. The van der Waals surface area contributed by atoms with Crippen molar-refractivity contribution in [1.29, 1.82) is 0 Å². The van der Waals surface area contributed by atoms with E-state index in [9.17, 15) is 0 Å². The van der Waals surface area contributed by atoms with Crippen LogP contribution in [0.4, 0.5) is 0 Å². The van der Waals surface area contributed by atoms with Crippen molar-refractivity contribution < 1.29 is 4.74 Å². The number of ether oxygens (including phenoxy) is 1. The topological polar surface area (TPSA) is 9.23 Å². The largest absolute Gasteiger partial charge is 0.373 e. The van der Waals surface area contributed by atoms with Gasteiger partial charge in [-0.15, -0.1) is 0 Å². The second kappa shape index (κ2) is 3.41. The SMILES string of the molecule is CC1CCC2C(C)(C)C2(OCCS)C1. The summed E-state index contributed by atoms with van der Waals surface area (Å²) in [5, 5.41) is 0. The van der Waals surface area contributed by atoms with Gasteiger partial charge in [0.25, 0.3) is 0 Å². The quantitative estimate of drug-likeness (QED) is 0.710. The fourth-order valence-corrected chi connectivity index (χ4v) is 3.66. The molecular formula is C12H22OS. The first-order chi connectivity index (χ1) is 6.54. The number of rotatable bonds is 3. The Morgan fingerprint density at radius 3 is 2.71 bits per heavy atom. The van der Waals surface area contributed by atoms with Crippen LogP contribution in [0.25, 0.3) is 0 Å². The van der Waals surface area contributed by atoms with Crippen molar-refractivity contribution in [2.75, 3.05) is 12.4 Å². The molecule has 14 heavy (non-hydrogen) atoms. The summed E-state index contributed by atoms with van der Waals surface area (Å²) in [6.07, 6.45) is 4.01. The van der Waals surface area contributed by atoms with Gasteiger partial charge in [-0.05, 0) is 30.1 Å². The lowest BCUT2D eigenvalue weighted by Crippen LogP contribution is -2.28. The third-order valence-electron chi connectivity index (χ3n) is 4.49. The highest BCUT2D eigenvalue weighted by Gasteiger charge is 2.72. The maximum atomic E-state index is 6.10. The summed E-state index contributed by atoms with van der Waals surface area (Å²) < 4.78 is 6.10. The van der Waals surface area contributed by atoms with E-state index in [4.69, 9.17) is 4.74 Å². The molecule has 2 heteroatoms. The van der Waals surface area contributed by atoms with Crippen LogP contribution in [0.15, 0.2) is 0 Å². The molecule has 0 spiro atoms. The first-order valence-electron chi connectivity index (χ1n) is 5.79. The van der Waals surface area contributed by atoms with Gasteiger partial charge in [0.2, 0.25) is 0 Å². The Morgan fingerprint density at radius 2 is 2.07 bits per heavy atom. The molecule has 2 aliphatic carbocycles. The highest BCUT2D eigenvalue weighted by molar-refractivity contribution is 7.80. The van der Waals surface area contributed by atoms with Crippen molar-refractivity contribution in [1.82, 2.24) is 0 Å². The summed E-state index contributed by atoms with van der Waals surface area (Å²) in [5.74, 6) is 2.50. The van der Waals surface area contributed by atoms with Gasteiger partial charge < -0.3 is 4.74 Å². The molecule has 3 unspecified atom stereocenters. The molecule has 0 heterocycles. The van der Waals surface area contributed by atoms with Crippen LogP contribution in [0.2, 0.25) is 0 Å². The molecule has 0 amide bonds. The standard InChI is InChI=1S/C12H22OS/c1-9-4-5-10-11(2,3)12(10,8-9)13-6-7-14/h9-10,14H,4-8H2,1-3H3. The lowest BCUT2D eigenvalue weighted by Gasteiger charge is -2.28. The second-order valence-corrected chi connectivity index (χ2v) is 6.07. The Hall–Kier alpha value is 0.310. The highest BCUT2D eigenvalue weighted by Crippen LogP contribution is 2.70. The fraction of sp³-hybridized carbons (Fsp3) is 1.00. The van der Waals surface area contributed by atoms with Gasteiger partial charge in [-0.3, -0.25) is 0 Å². The number of thiol groups is 1. The van der Waals surface area contributed by atoms with E-state index < -0.39 is 0 Å². The molecule has 2 aliphatic rings. The molecule has 82 valence electrons. The number of hydrogen-bond donors (Lipinski definition) is 1. The first-order valence-corrected chi connectivity index (χ1v) is 6.42. The van der Waals surface area contributed by atoms with Gasteiger partial charge in [0.1, 0.15) is 0 Å². The molecular weight excluding hydrogens is 192 g/mol. The number of hydrogen-bond acceptors (Lipinski definition) is 2. The minimum atomic E-state index is 0.216. The zero-order chi connectivity index (χ0) is 10.4. The lowest BCUT2D eigenvalue weighted by molar-refractivity contribution is -0.0169. The van der Waals surface area contributed by atoms with Crippen molar-refractivity contribution in [3.05, 3.63) is 0 Å². The van der Waals surface area contributed by atoms with Crippen molar-refractivity contribution in [3.8, 4) is 0 Å². The van der Waals surface area contributed by atoms with E-state index in [0.717, 1.165) is 24.2 Å². The predicted octanol–water partition coefficient (Wildman–Crippen LogP) is 3.15. The Kier molecular flexibility index (Phi) is 2.64. The van der Waals surface area contributed by atoms with Crippen LogP contribution >= 0.6 is 12.6 Å². The maximum Gasteiger partial charge on any atom is 0.0773 e. The molecule has 0 aromatic carbocycles. The van der Waals surface area contributed by atoms with Crippen LogP contribution in [0, 0.1) is 17.3 Å². The second-order valence-electron chi connectivity index (χ2n) is 5.62. The average molecular weight is 214 g/mol. The minimum Gasteiger partial charge on any atom is -0.373 e. The van der Waals surface area contributed by atoms with E-state index in [-0.39, 0.29) is 5.60 Å². The van der Waals surface area contributed by atoms with Crippen LogP contribution in [-0.2, 0) is 4.74 Å². The summed E-state index contributed by atoms with van der Waals surface area (Å²) in [6, 6.07) is 0. The summed E-state index contributed by atoms with van der Waals surface area (Å²) in [7, 11) is 0. The molecule has 0 bridgehead atoms. The Labute approximate surface area is 93.0 Å². The van der Waals surface area contributed by atoms with Gasteiger partial charge in [0.05, 0.1) is 12.2 Å². The Morgan fingerprint density at radius 1 is 1.36 bits per heavy atom. The minimum absolute atomic E-state index is 0.216. The van der Waals surface area contributed by atoms with Gasteiger partial charge in [0.15, 0.2) is 0 Å². The monoisotopic (exact) mass is 214 g/mol. The van der Waals surface area contributed by atoms with E-state index in [1.165, 1.54) is 19.3 Å². The zero-order valence-corrected chi connectivity index (χ0v) is 10.4. The van der Waals surface area contributed by atoms with Gasteiger partial charge in [-0.1, -0.05) is 27.2 Å². The van der Waals surface area contributed by atoms with E-state index in [2.05, 4.69) is 33.4 Å². The van der Waals surface area contributed by atoms with Crippen molar-refractivity contribution in [2.24, 2.45) is 17.3 Å². The van der Waals surface area contributed by atoms with E-state index >= 15 is 0 Å². The van der Waals surface area contributed by atoms with Gasteiger partial charge in [-0.25, -0.2) is 0 Å². The normalized spacial score (nSPS) is 44.6. The molecule has 0 N–H and O–H groups in total. The molecule has 0 radical (unpaired) electrons. The highest BCUT2D eigenvalue weighted by atomic mass is 32.1. The summed E-state index contributed by atoms with van der Waals surface area (Å²) >= 11 is 4.23. The number of fused-ring (bicyclic) bond motifs is 1. The Balaban J connectivity index is 2.07. The van der Waals surface area contributed by atoms with Crippen LogP contribution in [0.1, 0.15) is 40.0 Å². The molecule has 0 saturated heterocycles. The van der Waals surface area contributed by atoms with Gasteiger partial charge >= 0.3 is 0 Å². The van der Waals surface area contributed by atoms with Gasteiger partial charge in [0, 0.05) is 5.75 Å². The zero-order valence-electron chi connectivity index (χ0n) is 9.55. The molecule has 0 aromatic heterocycles. The smallest absolute Gasteiger partial charge is 0.0773 e. The van der Waals surface area contributed by atoms with Crippen LogP contribution in [0.5, 0.6) is 0 Å². The summed E-state index contributed by atoms with van der Waals surface area (Å²) in [6.45, 7) is 7.91. The molecule has 2 fully saturated rings. The third kappa shape index (κ3) is 1.34. The van der Waals surface area contributed by atoms with Gasteiger partial charge in [-0.2, -0.15) is 12.6 Å². The van der Waals surface area contributed by atoms with E-state index in [1.807, 2.05) is 0 Å². The lowest BCUT2D eigenvalue weighted by atomic mass is 9.88. The molecule has 3 atom stereocenters. The van der Waals surface area contributed by atoms with Crippen molar-refractivity contribution in [2.45, 2.75) is 45.6 Å². The van der Waals surface area contributed by atoms with E-state index in [1.54, 1.807) is 0 Å². The van der Waals surface area contributed by atoms with Crippen LogP contribution in [-0.4, -0.2) is 18.0 Å². The van der Waals surface area contributed by atoms with Crippen LogP contribution in [0.3, 0.4) is 0 Å². The molecule has 2 saturated carbocycles. The molecule has 2 rings (SSSR count). The maximum absolute atomic E-state index is 6.10.